The van der Waals surface area contributed by atoms with E-state index in [1.165, 1.54) is 46.7 Å². The number of aliphatic hydroxyl groups excluding tert-OH is 1. The maximum absolute atomic E-state index is 14.1. The summed E-state index contributed by atoms with van der Waals surface area (Å²) < 4.78 is 12.1. The minimum absolute atomic E-state index is 0.0512. The Labute approximate surface area is 435 Å². The normalized spacial score (nSPS) is 15.5. The molecule has 4 amide bonds. The Kier molecular flexibility index (Phi) is 16.3. The Bertz CT molecular complexity index is 3200. The number of aryl methyl sites for hydroxylation is 1. The molecule has 6 N–H and O–H groups in total. The number of carbonyl (C=O) groups is 5. The van der Waals surface area contributed by atoms with E-state index in [-0.39, 0.29) is 67.2 Å². The number of hydrogen-bond donors (Lipinski definition) is 6. The maximum atomic E-state index is 14.1. The number of benzene rings is 5. The summed E-state index contributed by atoms with van der Waals surface area (Å²) in [6.07, 6.45) is 0.611. The number of nitrogens with one attached hydrogen (secondary N) is 3. The minimum atomic E-state index is -1.02. The van der Waals surface area contributed by atoms with Gasteiger partial charge in [0.2, 0.25) is 17.7 Å². The Morgan fingerprint density at radius 1 is 0.851 bits per heavy atom. The lowest BCUT2D eigenvalue weighted by molar-refractivity contribution is -0.144. The Morgan fingerprint density at radius 2 is 1.54 bits per heavy atom. The summed E-state index contributed by atoms with van der Waals surface area (Å²) in [5.74, 6) is -1.58. The molecule has 0 bridgehead atoms. The molecule has 1 saturated heterocycles. The molecule has 7 aromatic rings. The van der Waals surface area contributed by atoms with Crippen LogP contribution in [0.2, 0.25) is 0 Å². The number of nitrogens with zero attached hydrogens (tertiary/aromatic N) is 3. The first-order valence-corrected chi connectivity index (χ1v) is 25.6. The average molecular weight is 1040 g/mol. The van der Waals surface area contributed by atoms with E-state index in [9.17, 15) is 39.3 Å². The van der Waals surface area contributed by atoms with Crippen molar-refractivity contribution in [2.45, 2.75) is 65.3 Å². The zero-order valence-corrected chi connectivity index (χ0v) is 43.0. The van der Waals surface area contributed by atoms with Crippen LogP contribution in [0.15, 0.2) is 126 Å². The molecule has 3 heterocycles. The number of aliphatic hydroxyl groups is 1. The van der Waals surface area contributed by atoms with Gasteiger partial charge in [0.15, 0.2) is 5.78 Å². The first kappa shape index (κ1) is 52.5. The molecule has 8 rings (SSSR count). The van der Waals surface area contributed by atoms with Gasteiger partial charge in [-0.3, -0.25) is 24.0 Å². The third-order valence-electron chi connectivity index (χ3n) is 12.5. The summed E-state index contributed by atoms with van der Waals surface area (Å²) in [5, 5.41) is 41.2. The fourth-order valence-corrected chi connectivity index (χ4v) is 10.6. The Hall–Kier alpha value is -7.77. The van der Waals surface area contributed by atoms with Crippen molar-refractivity contribution in [1.29, 1.82) is 0 Å². The molecule has 0 radical (unpaired) electrons. The number of thiophene rings is 1. The molecule has 0 unspecified atom stereocenters. The molecule has 18 heteroatoms. The number of thiazole rings is 1. The lowest BCUT2D eigenvalue weighted by Crippen LogP contribution is -2.58. The highest BCUT2D eigenvalue weighted by molar-refractivity contribution is 7.22. The van der Waals surface area contributed by atoms with E-state index >= 15 is 0 Å². The van der Waals surface area contributed by atoms with Crippen molar-refractivity contribution in [2.75, 3.05) is 26.4 Å². The number of hydrogen-bond acceptors (Lipinski definition) is 14. The van der Waals surface area contributed by atoms with Crippen LogP contribution in [0.25, 0.3) is 31.0 Å². The number of amides is 4. The van der Waals surface area contributed by atoms with Crippen molar-refractivity contribution in [1.82, 2.24) is 25.9 Å². The molecular weight excluding hydrogens is 981 g/mol. The third-order valence-corrected chi connectivity index (χ3v) is 14.6. The lowest BCUT2D eigenvalue weighted by atomic mass is 9.85. The maximum Gasteiger partial charge on any atom is 0.271 e. The van der Waals surface area contributed by atoms with Crippen LogP contribution in [0.3, 0.4) is 0 Å². The molecular formula is C56H56N6O10S2. The van der Waals surface area contributed by atoms with E-state index in [0.717, 1.165) is 27.3 Å². The van der Waals surface area contributed by atoms with E-state index in [2.05, 4.69) is 26.1 Å². The van der Waals surface area contributed by atoms with Gasteiger partial charge >= 0.3 is 0 Å². The predicted octanol–water partition coefficient (Wildman–Crippen LogP) is 8.17. The summed E-state index contributed by atoms with van der Waals surface area (Å²) >= 11 is 2.90. The average Bonchev–Trinajstić information content (AvgIpc) is 4.11. The van der Waals surface area contributed by atoms with Crippen molar-refractivity contribution in [3.63, 3.8) is 0 Å². The number of aromatic hydroxyl groups is 2. The summed E-state index contributed by atoms with van der Waals surface area (Å²) in [6.45, 7) is 9.02. The SMILES string of the molecule is Cc1ncsc1-c1ccc([C@H](C)NC(=O)[C@@H]2C[C@@H](O)CN2C(=O)[C@@H](NC(=O)COCCOc2ccc(/C=N/NC(=O)c3cccc(C(=O)c4c(-c5ccc(O)cc5)sc5cc(O)ccc45)c3)cc2)C(C)(C)C)cc1. The van der Waals surface area contributed by atoms with Crippen LogP contribution in [0.4, 0.5) is 0 Å². The van der Waals surface area contributed by atoms with Gasteiger partial charge in [-0.2, -0.15) is 5.10 Å². The number of aromatic nitrogens is 1. The smallest absolute Gasteiger partial charge is 0.271 e. The molecule has 1 aliphatic heterocycles. The topological polar surface area (TPSA) is 229 Å². The van der Waals surface area contributed by atoms with Crippen molar-refractivity contribution in [3.8, 4) is 38.1 Å². The molecule has 4 atom stereocenters. The number of rotatable bonds is 18. The fourth-order valence-electron chi connectivity index (χ4n) is 8.55. The van der Waals surface area contributed by atoms with Crippen molar-refractivity contribution in [2.24, 2.45) is 10.5 Å². The van der Waals surface area contributed by atoms with Gasteiger partial charge in [-0.25, -0.2) is 10.4 Å². The third kappa shape index (κ3) is 12.5. The van der Waals surface area contributed by atoms with Gasteiger partial charge in [-0.1, -0.05) is 57.2 Å². The second kappa shape index (κ2) is 23.0. The number of likely N-dealkylation sites (tertiary alicyclic amines) is 1. The zero-order valence-electron chi connectivity index (χ0n) is 41.3. The van der Waals surface area contributed by atoms with E-state index in [0.29, 0.717) is 31.8 Å². The monoisotopic (exact) mass is 1040 g/mol. The van der Waals surface area contributed by atoms with E-state index in [1.54, 1.807) is 83.6 Å². The largest absolute Gasteiger partial charge is 0.508 e. The van der Waals surface area contributed by atoms with Crippen LogP contribution < -0.4 is 20.8 Å². The molecule has 16 nitrogen and oxygen atoms in total. The standard InChI is InChI=1S/C56H56N6O10S2/c1-32(35-11-13-36(14-12-35)50-33(2)57-31-73-50)59-54(69)45-26-42(65)29-62(45)55(70)52(56(3,4)5)60-47(66)30-71-23-24-72-43-20-9-34(10-21-43)28-58-61-53(68)39-8-6-7-38(25-39)49(67)48-44-22-19-41(64)27-46(44)74-51(48)37-15-17-40(63)18-16-37/h6-22,25,27-28,31-32,42,45,52,63-65H,23-24,26,29-30H2,1-5H3,(H,59,69)(H,60,66)(H,61,68)/b58-28+/t32-,42+,45-,52+/m0/s1. The van der Waals surface area contributed by atoms with Gasteiger partial charge in [0, 0.05) is 44.6 Å². The number of hydrazone groups is 1. The highest BCUT2D eigenvalue weighted by atomic mass is 32.1. The zero-order chi connectivity index (χ0) is 52.7. The van der Waals surface area contributed by atoms with Crippen molar-refractivity contribution < 1.29 is 48.8 Å². The highest BCUT2D eigenvalue weighted by Crippen LogP contribution is 2.42. The van der Waals surface area contributed by atoms with Crippen LogP contribution in [0.5, 0.6) is 17.2 Å². The molecule has 1 fully saturated rings. The van der Waals surface area contributed by atoms with Crippen LogP contribution in [-0.4, -0.2) is 105 Å². The Morgan fingerprint density at radius 3 is 2.24 bits per heavy atom. The van der Waals surface area contributed by atoms with Crippen molar-refractivity contribution in [3.05, 3.63) is 154 Å². The van der Waals surface area contributed by atoms with Gasteiger partial charge in [0.05, 0.1) is 41.0 Å². The molecule has 5 aromatic carbocycles. The molecule has 74 heavy (non-hydrogen) atoms. The number of phenols is 2. The first-order valence-electron chi connectivity index (χ1n) is 23.9. The number of fused-ring (bicyclic) bond motifs is 1. The molecule has 382 valence electrons. The predicted molar refractivity (Wildman–Crippen MR) is 285 cm³/mol. The van der Waals surface area contributed by atoms with Crippen LogP contribution >= 0.6 is 22.7 Å². The van der Waals surface area contributed by atoms with Gasteiger partial charge in [-0.15, -0.1) is 22.7 Å². The van der Waals surface area contributed by atoms with E-state index < -0.39 is 47.2 Å². The Balaban J connectivity index is 0.786. The molecule has 0 saturated carbocycles. The van der Waals surface area contributed by atoms with E-state index in [1.807, 2.05) is 58.9 Å². The molecule has 0 spiro atoms. The van der Waals surface area contributed by atoms with Crippen LogP contribution in [-0.2, 0) is 19.1 Å². The molecule has 0 aliphatic carbocycles. The number of ketones is 1. The summed E-state index contributed by atoms with van der Waals surface area (Å²) in [4.78, 5) is 75.6. The van der Waals surface area contributed by atoms with Gasteiger partial charge in [-0.05, 0) is 120 Å². The summed E-state index contributed by atoms with van der Waals surface area (Å²) in [5.41, 5.74) is 8.71. The second-order valence-corrected chi connectivity index (χ2v) is 20.9. The van der Waals surface area contributed by atoms with Crippen LogP contribution in [0.1, 0.15) is 83.3 Å². The van der Waals surface area contributed by atoms with Crippen molar-refractivity contribution >= 4 is 68.4 Å². The van der Waals surface area contributed by atoms with E-state index in [4.69, 9.17) is 9.47 Å². The first-order chi connectivity index (χ1) is 35.4. The number of phenolic OH excluding ortho intramolecular Hbond substituents is 2. The van der Waals surface area contributed by atoms with Gasteiger partial charge in [0.1, 0.15) is 42.5 Å². The lowest BCUT2D eigenvalue weighted by Gasteiger charge is -2.35. The molecule has 2 aromatic heterocycles. The second-order valence-electron chi connectivity index (χ2n) is 19.0. The number of carbonyl (C=O) groups excluding carboxylic acids is 5. The summed E-state index contributed by atoms with van der Waals surface area (Å²) in [6, 6.07) is 30.1. The van der Waals surface area contributed by atoms with Gasteiger partial charge in [0.25, 0.3) is 5.91 Å². The minimum Gasteiger partial charge on any atom is -0.508 e. The summed E-state index contributed by atoms with van der Waals surface area (Å²) in [7, 11) is 0. The van der Waals surface area contributed by atoms with Crippen LogP contribution in [0, 0.1) is 12.3 Å². The molecule has 1 aliphatic rings. The fraction of sp³-hybridized carbons (Fsp3) is 0.268. The number of ether oxygens (including phenoxy) is 2. The number of β-amino-alcohol motifs (C(OH)–C–C–N with tert-alkyl or cyclic N) is 1. The highest BCUT2D eigenvalue weighted by Gasteiger charge is 2.44. The van der Waals surface area contributed by atoms with Gasteiger partial charge < -0.3 is 40.3 Å². The quantitative estimate of drug-likeness (QED) is 0.0208.